The maximum Gasteiger partial charge on any atom is 0.109 e. The number of aliphatic hydroxyl groups is 3. The fourth-order valence-corrected chi connectivity index (χ4v) is 1.20. The smallest absolute Gasteiger partial charge is 0.109 e. The van der Waals surface area contributed by atoms with Crippen LogP contribution in [0.2, 0.25) is 0 Å². The van der Waals surface area contributed by atoms with Crippen molar-refractivity contribution in [3.05, 3.63) is 0 Å². The molecule has 13 heavy (non-hydrogen) atoms. The van der Waals surface area contributed by atoms with Crippen molar-refractivity contribution in [1.82, 2.24) is 5.32 Å². The van der Waals surface area contributed by atoms with Crippen molar-refractivity contribution in [2.24, 2.45) is 5.73 Å². The van der Waals surface area contributed by atoms with Crippen LogP contribution in [0.1, 0.15) is 0 Å². The largest absolute Gasteiger partial charge is 0.389 e. The molecule has 1 heterocycles. The summed E-state index contributed by atoms with van der Waals surface area (Å²) in [6.07, 6.45) is -2.94. The van der Waals surface area contributed by atoms with Gasteiger partial charge >= 0.3 is 0 Å². The summed E-state index contributed by atoms with van der Waals surface area (Å²) >= 11 is 0. The summed E-state index contributed by atoms with van der Waals surface area (Å²) in [6.45, 7) is 0.533. The molecule has 0 bridgehead atoms. The molecule has 1 rings (SSSR count). The third kappa shape index (κ3) is 3.55. The van der Waals surface area contributed by atoms with Gasteiger partial charge < -0.3 is 26.4 Å². The average molecular weight is 235 g/mol. The van der Waals surface area contributed by atoms with Gasteiger partial charge in [-0.1, -0.05) is 0 Å². The third-order valence-electron chi connectivity index (χ3n) is 2.00. The van der Waals surface area contributed by atoms with Gasteiger partial charge in [-0.05, 0) is 0 Å². The number of halogens is 2. The summed E-state index contributed by atoms with van der Waals surface area (Å²) in [4.78, 5) is 0. The van der Waals surface area contributed by atoms with Crippen LogP contribution in [-0.2, 0) is 0 Å². The fourth-order valence-electron chi connectivity index (χ4n) is 1.20. The lowest BCUT2D eigenvalue weighted by Gasteiger charge is -2.35. The number of nitrogens with two attached hydrogens (primary N) is 1. The van der Waals surface area contributed by atoms with Gasteiger partial charge in [0.05, 0.1) is 12.2 Å². The van der Waals surface area contributed by atoms with Crippen molar-refractivity contribution in [3.63, 3.8) is 0 Å². The van der Waals surface area contributed by atoms with E-state index in [-0.39, 0.29) is 43.9 Å². The van der Waals surface area contributed by atoms with E-state index in [4.69, 9.17) is 15.9 Å². The summed E-state index contributed by atoms with van der Waals surface area (Å²) < 4.78 is 0. The van der Waals surface area contributed by atoms with E-state index in [1.807, 2.05) is 0 Å². The highest BCUT2D eigenvalue weighted by Crippen LogP contribution is 2.09. The molecule has 0 saturated carbocycles. The molecule has 0 aromatic rings. The SMILES string of the molecule is Cl.Cl.NCC1NCC(O)C(O)C1O. The highest BCUT2D eigenvalue weighted by molar-refractivity contribution is 5.85. The monoisotopic (exact) mass is 234 g/mol. The highest BCUT2D eigenvalue weighted by atomic mass is 35.5. The maximum absolute atomic E-state index is 9.26. The van der Waals surface area contributed by atoms with E-state index >= 15 is 0 Å². The second-order valence-corrected chi connectivity index (χ2v) is 2.80. The lowest BCUT2D eigenvalue weighted by atomic mass is 9.96. The minimum absolute atomic E-state index is 0. The van der Waals surface area contributed by atoms with Crippen molar-refractivity contribution in [3.8, 4) is 0 Å². The molecule has 4 atom stereocenters. The molecule has 6 N–H and O–H groups in total. The molecule has 0 amide bonds. The standard InChI is InChI=1S/C6H14N2O3.2ClH/c7-1-3-5(10)6(11)4(9)2-8-3;;/h3-6,8-11H,1-2,7H2;2*1H. The Bertz CT molecular complexity index is 139. The van der Waals surface area contributed by atoms with Crippen LogP contribution in [0.5, 0.6) is 0 Å². The summed E-state index contributed by atoms with van der Waals surface area (Å²) in [7, 11) is 0. The third-order valence-corrected chi connectivity index (χ3v) is 2.00. The molecule has 4 unspecified atom stereocenters. The van der Waals surface area contributed by atoms with Crippen molar-refractivity contribution >= 4 is 24.8 Å². The summed E-state index contributed by atoms with van der Waals surface area (Å²) in [5, 5.41) is 30.3. The van der Waals surface area contributed by atoms with Crippen molar-refractivity contribution < 1.29 is 15.3 Å². The van der Waals surface area contributed by atoms with E-state index in [9.17, 15) is 5.11 Å². The fraction of sp³-hybridized carbons (Fsp3) is 1.00. The molecule has 5 nitrogen and oxygen atoms in total. The lowest BCUT2D eigenvalue weighted by molar-refractivity contribution is -0.0923. The molecule has 1 aliphatic heterocycles. The van der Waals surface area contributed by atoms with Crippen LogP contribution in [0.3, 0.4) is 0 Å². The zero-order valence-electron chi connectivity index (χ0n) is 6.96. The van der Waals surface area contributed by atoms with Gasteiger partial charge in [0.15, 0.2) is 0 Å². The molecule has 1 aliphatic rings. The first-order valence-electron chi connectivity index (χ1n) is 3.64. The van der Waals surface area contributed by atoms with Gasteiger partial charge in [0.1, 0.15) is 6.10 Å². The molecule has 82 valence electrons. The Morgan fingerprint density at radius 1 is 1.15 bits per heavy atom. The number of aliphatic hydroxyl groups excluding tert-OH is 3. The van der Waals surface area contributed by atoms with Crippen LogP contribution in [0, 0.1) is 0 Å². The average Bonchev–Trinajstić information content (AvgIpc) is 2.01. The van der Waals surface area contributed by atoms with Crippen molar-refractivity contribution in [2.45, 2.75) is 24.4 Å². The Morgan fingerprint density at radius 3 is 2.15 bits per heavy atom. The molecule has 0 aliphatic carbocycles. The Labute approximate surface area is 89.1 Å². The number of β-amino-alcohol motifs (C(OH)–C–C–N with tert-alkyl or cyclic N) is 1. The van der Waals surface area contributed by atoms with E-state index in [2.05, 4.69) is 5.32 Å². The number of rotatable bonds is 1. The molecular weight excluding hydrogens is 219 g/mol. The van der Waals surface area contributed by atoms with Crippen LogP contribution >= 0.6 is 24.8 Å². The van der Waals surface area contributed by atoms with Crippen LogP contribution in [-0.4, -0.2) is 52.8 Å². The van der Waals surface area contributed by atoms with Gasteiger partial charge in [-0.2, -0.15) is 0 Å². The van der Waals surface area contributed by atoms with Crippen LogP contribution < -0.4 is 11.1 Å². The number of hydrogen-bond donors (Lipinski definition) is 5. The van der Waals surface area contributed by atoms with E-state index in [0.29, 0.717) is 0 Å². The normalized spacial score (nSPS) is 38.8. The Kier molecular flexibility index (Phi) is 8.26. The highest BCUT2D eigenvalue weighted by Gasteiger charge is 2.35. The minimum Gasteiger partial charge on any atom is -0.389 e. The first-order chi connectivity index (χ1) is 5.16. The van der Waals surface area contributed by atoms with Gasteiger partial charge in [0, 0.05) is 19.1 Å². The molecule has 0 aromatic heterocycles. The van der Waals surface area contributed by atoms with Gasteiger partial charge in [-0.15, -0.1) is 24.8 Å². The quantitative estimate of drug-likeness (QED) is 0.356. The first kappa shape index (κ1) is 15.8. The van der Waals surface area contributed by atoms with E-state index in [1.165, 1.54) is 0 Å². The van der Waals surface area contributed by atoms with Gasteiger partial charge in [-0.3, -0.25) is 0 Å². The molecule has 0 spiro atoms. The van der Waals surface area contributed by atoms with Crippen LogP contribution in [0.15, 0.2) is 0 Å². The Morgan fingerprint density at radius 2 is 1.69 bits per heavy atom. The Balaban J connectivity index is 0. The number of nitrogens with one attached hydrogen (secondary N) is 1. The van der Waals surface area contributed by atoms with E-state index in [1.54, 1.807) is 0 Å². The second-order valence-electron chi connectivity index (χ2n) is 2.80. The van der Waals surface area contributed by atoms with E-state index in [0.717, 1.165) is 0 Å². The minimum atomic E-state index is -1.08. The number of hydrogen-bond acceptors (Lipinski definition) is 5. The van der Waals surface area contributed by atoms with Gasteiger partial charge in [0.2, 0.25) is 0 Å². The molecule has 0 aromatic carbocycles. The molecule has 0 radical (unpaired) electrons. The molecule has 1 fully saturated rings. The lowest BCUT2D eigenvalue weighted by Crippen LogP contribution is -2.61. The maximum atomic E-state index is 9.26. The second kappa shape index (κ2) is 6.78. The molecular formula is C6H16Cl2N2O3. The Hall–Kier alpha value is 0.380. The van der Waals surface area contributed by atoms with Gasteiger partial charge in [-0.25, -0.2) is 0 Å². The van der Waals surface area contributed by atoms with Crippen molar-refractivity contribution in [1.29, 1.82) is 0 Å². The predicted molar refractivity (Wildman–Crippen MR) is 53.4 cm³/mol. The van der Waals surface area contributed by atoms with Crippen molar-refractivity contribution in [2.75, 3.05) is 13.1 Å². The topological polar surface area (TPSA) is 98.7 Å². The predicted octanol–water partition coefficient (Wildman–Crippen LogP) is -2.16. The van der Waals surface area contributed by atoms with Crippen LogP contribution in [0.25, 0.3) is 0 Å². The van der Waals surface area contributed by atoms with Crippen LogP contribution in [0.4, 0.5) is 0 Å². The summed E-state index contributed by atoms with van der Waals surface area (Å²) in [6, 6.07) is -0.312. The molecule has 7 heteroatoms. The summed E-state index contributed by atoms with van der Waals surface area (Å²) in [5.41, 5.74) is 5.29. The zero-order valence-corrected chi connectivity index (χ0v) is 8.59. The number of piperidine rings is 1. The molecule has 1 saturated heterocycles. The summed E-state index contributed by atoms with van der Waals surface area (Å²) in [5.74, 6) is 0. The van der Waals surface area contributed by atoms with E-state index < -0.39 is 18.3 Å². The zero-order chi connectivity index (χ0) is 8.43. The first-order valence-corrected chi connectivity index (χ1v) is 3.64. The van der Waals surface area contributed by atoms with Gasteiger partial charge in [0.25, 0.3) is 0 Å².